The van der Waals surface area contributed by atoms with Crippen molar-refractivity contribution in [3.63, 3.8) is 0 Å². The summed E-state index contributed by atoms with van der Waals surface area (Å²) in [6, 6.07) is 0. The molecule has 7 nitrogen and oxygen atoms in total. The summed E-state index contributed by atoms with van der Waals surface area (Å²) >= 11 is 0. The molecule has 2 N–H and O–H groups in total. The molecule has 0 aromatic rings. The van der Waals surface area contributed by atoms with E-state index in [4.69, 9.17) is 15.2 Å². The van der Waals surface area contributed by atoms with E-state index >= 15 is 0 Å². The third kappa shape index (κ3) is 4.39. The second kappa shape index (κ2) is 7.20. The van der Waals surface area contributed by atoms with E-state index in [9.17, 15) is 9.59 Å². The van der Waals surface area contributed by atoms with Gasteiger partial charge in [0.15, 0.2) is 0 Å². The number of hydrogen-bond donors (Lipinski definition) is 1. The molecule has 0 radical (unpaired) electrons. The summed E-state index contributed by atoms with van der Waals surface area (Å²) < 4.78 is 11.2. The molecule has 2 amide bonds. The van der Waals surface area contributed by atoms with Crippen LogP contribution < -0.4 is 5.73 Å². The van der Waals surface area contributed by atoms with Crippen LogP contribution in [0.4, 0.5) is 0 Å². The van der Waals surface area contributed by atoms with Crippen LogP contribution in [0.3, 0.4) is 0 Å². The summed E-state index contributed by atoms with van der Waals surface area (Å²) in [5.74, 6) is -0.0309. The maximum absolute atomic E-state index is 12.5. The van der Waals surface area contributed by atoms with Crippen LogP contribution in [0.1, 0.15) is 13.3 Å². The standard InChI is InChI=1S/C14H25N3O4/c1-10-3-5-21-13(10)14(19)17-4-6-20-11(8-17)7-16(2)9-12(15)18/h10-11,13H,3-9H2,1-2H3,(H2,15,18). The van der Waals surface area contributed by atoms with Gasteiger partial charge in [0.05, 0.1) is 19.3 Å². The zero-order chi connectivity index (χ0) is 15.4. The third-order valence-electron chi connectivity index (χ3n) is 4.02. The minimum Gasteiger partial charge on any atom is -0.373 e. The quantitative estimate of drug-likeness (QED) is 0.708. The van der Waals surface area contributed by atoms with Crippen LogP contribution in [0, 0.1) is 5.92 Å². The lowest BCUT2D eigenvalue weighted by Crippen LogP contribution is -2.52. The van der Waals surface area contributed by atoms with Crippen molar-refractivity contribution >= 4 is 11.8 Å². The Balaban J connectivity index is 1.85. The van der Waals surface area contributed by atoms with Gasteiger partial charge in [-0.15, -0.1) is 0 Å². The molecule has 2 fully saturated rings. The minimum absolute atomic E-state index is 0.0610. The molecule has 21 heavy (non-hydrogen) atoms. The Kier molecular flexibility index (Phi) is 5.55. The summed E-state index contributed by atoms with van der Waals surface area (Å²) in [6.07, 6.45) is 0.529. The zero-order valence-electron chi connectivity index (χ0n) is 12.8. The number of ether oxygens (including phenoxy) is 2. The first-order valence-electron chi connectivity index (χ1n) is 7.46. The molecule has 2 heterocycles. The topological polar surface area (TPSA) is 85.1 Å². The molecule has 0 aromatic heterocycles. The first kappa shape index (κ1) is 16.2. The van der Waals surface area contributed by atoms with Crippen molar-refractivity contribution in [2.75, 3.05) is 46.4 Å². The Labute approximate surface area is 125 Å². The van der Waals surface area contributed by atoms with E-state index < -0.39 is 0 Å². The maximum Gasteiger partial charge on any atom is 0.252 e. The predicted molar refractivity (Wildman–Crippen MR) is 76.5 cm³/mol. The molecule has 0 aromatic carbocycles. The van der Waals surface area contributed by atoms with E-state index in [-0.39, 0.29) is 36.5 Å². The number of morpholine rings is 1. The SMILES string of the molecule is CC1CCOC1C(=O)N1CCOC(CN(C)CC(N)=O)C1. The first-order chi connectivity index (χ1) is 9.97. The molecule has 0 spiro atoms. The normalized spacial score (nSPS) is 29.9. The van der Waals surface area contributed by atoms with Crippen LogP contribution in [0.2, 0.25) is 0 Å². The third-order valence-corrected chi connectivity index (χ3v) is 4.02. The van der Waals surface area contributed by atoms with Crippen molar-refractivity contribution in [2.45, 2.75) is 25.6 Å². The number of carbonyl (C=O) groups excluding carboxylic acids is 2. The van der Waals surface area contributed by atoms with Crippen LogP contribution in [-0.4, -0.2) is 80.3 Å². The average molecular weight is 299 g/mol. The second-order valence-corrected chi connectivity index (χ2v) is 6.00. The molecular formula is C14H25N3O4. The highest BCUT2D eigenvalue weighted by Crippen LogP contribution is 2.22. The monoisotopic (exact) mass is 299 g/mol. The zero-order valence-corrected chi connectivity index (χ0v) is 12.8. The molecule has 2 saturated heterocycles. The number of hydrogen-bond acceptors (Lipinski definition) is 5. The number of rotatable bonds is 5. The van der Waals surface area contributed by atoms with Crippen molar-refractivity contribution in [3.8, 4) is 0 Å². The number of primary amides is 1. The molecule has 0 saturated carbocycles. The van der Waals surface area contributed by atoms with E-state index in [0.717, 1.165) is 6.42 Å². The molecule has 0 bridgehead atoms. The highest BCUT2D eigenvalue weighted by atomic mass is 16.5. The number of likely N-dealkylation sites (N-methyl/N-ethyl adjacent to an activating group) is 1. The molecule has 0 aliphatic carbocycles. The summed E-state index contributed by atoms with van der Waals surface area (Å²) in [6.45, 7) is 5.13. The van der Waals surface area contributed by atoms with Crippen molar-refractivity contribution in [1.29, 1.82) is 0 Å². The Hall–Kier alpha value is -1.18. The lowest BCUT2D eigenvalue weighted by molar-refractivity contribution is -0.150. The summed E-state index contributed by atoms with van der Waals surface area (Å²) in [5.41, 5.74) is 5.17. The van der Waals surface area contributed by atoms with Gasteiger partial charge in [-0.25, -0.2) is 0 Å². The van der Waals surface area contributed by atoms with Crippen molar-refractivity contribution in [2.24, 2.45) is 11.7 Å². The summed E-state index contributed by atoms with van der Waals surface area (Å²) in [4.78, 5) is 27.0. The second-order valence-electron chi connectivity index (χ2n) is 6.00. The highest BCUT2D eigenvalue weighted by molar-refractivity contribution is 5.81. The molecule has 2 aliphatic rings. The Bertz CT molecular complexity index is 390. The van der Waals surface area contributed by atoms with Gasteiger partial charge in [-0.2, -0.15) is 0 Å². The summed E-state index contributed by atoms with van der Waals surface area (Å²) in [5, 5.41) is 0. The number of nitrogens with two attached hydrogens (primary N) is 1. The minimum atomic E-state index is -0.366. The van der Waals surface area contributed by atoms with Gasteiger partial charge in [-0.1, -0.05) is 6.92 Å². The van der Waals surface area contributed by atoms with Gasteiger partial charge in [0.2, 0.25) is 5.91 Å². The van der Waals surface area contributed by atoms with Crippen LogP contribution in [0.5, 0.6) is 0 Å². The molecular weight excluding hydrogens is 274 g/mol. The lowest BCUT2D eigenvalue weighted by Gasteiger charge is -2.36. The van der Waals surface area contributed by atoms with Crippen LogP contribution in [-0.2, 0) is 19.1 Å². The smallest absolute Gasteiger partial charge is 0.252 e. The fourth-order valence-electron chi connectivity index (χ4n) is 2.90. The fraction of sp³-hybridized carbons (Fsp3) is 0.857. The number of carbonyl (C=O) groups is 2. The molecule has 2 rings (SSSR count). The van der Waals surface area contributed by atoms with E-state index in [0.29, 0.717) is 32.8 Å². The van der Waals surface area contributed by atoms with E-state index in [1.807, 2.05) is 23.8 Å². The molecule has 3 unspecified atom stereocenters. The van der Waals surface area contributed by atoms with Crippen molar-refractivity contribution in [1.82, 2.24) is 9.80 Å². The van der Waals surface area contributed by atoms with Gasteiger partial charge >= 0.3 is 0 Å². The van der Waals surface area contributed by atoms with E-state index in [2.05, 4.69) is 0 Å². The molecule has 7 heteroatoms. The van der Waals surface area contributed by atoms with Gasteiger partial charge in [0, 0.05) is 26.2 Å². The molecule has 2 aliphatic heterocycles. The lowest BCUT2D eigenvalue weighted by atomic mass is 10.0. The fourth-order valence-corrected chi connectivity index (χ4v) is 2.90. The van der Waals surface area contributed by atoms with E-state index in [1.54, 1.807) is 0 Å². The Morgan fingerprint density at radius 3 is 2.71 bits per heavy atom. The largest absolute Gasteiger partial charge is 0.373 e. The molecule has 120 valence electrons. The van der Waals surface area contributed by atoms with Crippen LogP contribution in [0.15, 0.2) is 0 Å². The Morgan fingerprint density at radius 2 is 2.10 bits per heavy atom. The first-order valence-corrected chi connectivity index (χ1v) is 7.46. The maximum atomic E-state index is 12.5. The van der Waals surface area contributed by atoms with Crippen molar-refractivity contribution < 1.29 is 19.1 Å². The van der Waals surface area contributed by atoms with Crippen LogP contribution >= 0.6 is 0 Å². The van der Waals surface area contributed by atoms with Crippen molar-refractivity contribution in [3.05, 3.63) is 0 Å². The van der Waals surface area contributed by atoms with Crippen LogP contribution in [0.25, 0.3) is 0 Å². The highest BCUT2D eigenvalue weighted by Gasteiger charge is 2.36. The van der Waals surface area contributed by atoms with E-state index in [1.165, 1.54) is 0 Å². The van der Waals surface area contributed by atoms with Gasteiger partial charge in [-0.05, 0) is 19.4 Å². The Morgan fingerprint density at radius 1 is 1.33 bits per heavy atom. The van der Waals surface area contributed by atoms with Gasteiger partial charge in [0.1, 0.15) is 6.10 Å². The van der Waals surface area contributed by atoms with Gasteiger partial charge in [0.25, 0.3) is 5.91 Å². The number of nitrogens with zero attached hydrogens (tertiary/aromatic N) is 2. The number of amides is 2. The average Bonchev–Trinajstić information content (AvgIpc) is 2.83. The predicted octanol–water partition coefficient (Wildman–Crippen LogP) is -0.944. The van der Waals surface area contributed by atoms with Gasteiger partial charge in [-0.3, -0.25) is 14.5 Å². The van der Waals surface area contributed by atoms with Gasteiger partial charge < -0.3 is 20.1 Å². The summed E-state index contributed by atoms with van der Waals surface area (Å²) in [7, 11) is 1.82. The molecule has 3 atom stereocenters.